The number of aromatic amines is 1. The van der Waals surface area contributed by atoms with Crippen LogP contribution >= 0.6 is 11.6 Å². The Morgan fingerprint density at radius 3 is 2.83 bits per heavy atom. The monoisotopic (exact) mass is 424 g/mol. The summed E-state index contributed by atoms with van der Waals surface area (Å²) < 4.78 is 0. The first-order chi connectivity index (χ1) is 14.5. The Hall–Kier alpha value is -3.14. The van der Waals surface area contributed by atoms with Gasteiger partial charge in [-0.15, -0.1) is 0 Å². The van der Waals surface area contributed by atoms with Crippen LogP contribution in [0.25, 0.3) is 11.0 Å². The number of nitrogens with one attached hydrogen (secondary N) is 2. The predicted octanol–water partition coefficient (Wildman–Crippen LogP) is 3.27. The lowest BCUT2D eigenvalue weighted by Gasteiger charge is -2.36. The van der Waals surface area contributed by atoms with E-state index in [1.165, 1.54) is 5.56 Å². The lowest BCUT2D eigenvalue weighted by Crippen LogP contribution is -2.49. The third kappa shape index (κ3) is 6.18. The predicted molar refractivity (Wildman–Crippen MR) is 121 cm³/mol. The SMILES string of the molecule is C=C/C=C(/C#CC(=O)N1CC(CC=O)C1)C=C.CNCc1ccnc2[nH]cc(Cl)c12. The van der Waals surface area contributed by atoms with Gasteiger partial charge in [-0.25, -0.2) is 4.98 Å². The van der Waals surface area contributed by atoms with Crippen LogP contribution in [0.3, 0.4) is 0 Å². The number of halogens is 1. The van der Waals surface area contributed by atoms with E-state index in [9.17, 15) is 9.59 Å². The first-order valence-corrected chi connectivity index (χ1v) is 9.86. The van der Waals surface area contributed by atoms with E-state index in [1.54, 1.807) is 35.5 Å². The molecule has 30 heavy (non-hydrogen) atoms. The summed E-state index contributed by atoms with van der Waals surface area (Å²) in [6.45, 7) is 9.19. The number of nitrogens with zero attached hydrogens (tertiary/aromatic N) is 2. The minimum Gasteiger partial charge on any atom is -0.345 e. The third-order valence-corrected chi connectivity index (χ3v) is 4.78. The van der Waals surface area contributed by atoms with Gasteiger partial charge in [0.05, 0.1) is 5.02 Å². The highest BCUT2D eigenvalue weighted by molar-refractivity contribution is 6.35. The summed E-state index contributed by atoms with van der Waals surface area (Å²) in [5.41, 5.74) is 2.68. The average molecular weight is 425 g/mol. The number of aromatic nitrogens is 2. The number of fused-ring (bicyclic) bond motifs is 1. The van der Waals surface area contributed by atoms with Crippen molar-refractivity contribution in [1.29, 1.82) is 0 Å². The Morgan fingerprint density at radius 1 is 1.43 bits per heavy atom. The van der Waals surface area contributed by atoms with Crippen molar-refractivity contribution in [2.45, 2.75) is 13.0 Å². The second-order valence-electron chi connectivity index (χ2n) is 6.65. The molecule has 7 heteroatoms. The van der Waals surface area contributed by atoms with Gasteiger partial charge in [0.1, 0.15) is 11.9 Å². The number of H-pyrrole nitrogens is 1. The van der Waals surface area contributed by atoms with Crippen LogP contribution in [0.1, 0.15) is 12.0 Å². The fraction of sp³-hybridized carbons (Fsp3) is 0.261. The molecule has 1 aliphatic heterocycles. The number of amides is 1. The Morgan fingerprint density at radius 2 is 2.20 bits per heavy atom. The Kier molecular flexibility index (Phi) is 9.07. The lowest BCUT2D eigenvalue weighted by atomic mass is 9.97. The molecule has 0 bridgehead atoms. The highest BCUT2D eigenvalue weighted by atomic mass is 35.5. The van der Waals surface area contributed by atoms with Crippen molar-refractivity contribution in [2.75, 3.05) is 20.1 Å². The molecular formula is C23H25ClN4O2. The van der Waals surface area contributed by atoms with Gasteiger partial charge in [-0.3, -0.25) is 4.79 Å². The van der Waals surface area contributed by atoms with Crippen LogP contribution in [-0.4, -0.2) is 47.2 Å². The third-order valence-electron chi connectivity index (χ3n) is 4.48. The van der Waals surface area contributed by atoms with Crippen molar-refractivity contribution < 1.29 is 9.59 Å². The summed E-state index contributed by atoms with van der Waals surface area (Å²) in [5, 5.41) is 4.84. The fourth-order valence-corrected chi connectivity index (χ4v) is 3.20. The maximum absolute atomic E-state index is 11.6. The summed E-state index contributed by atoms with van der Waals surface area (Å²) in [6.07, 6.45) is 9.82. The second-order valence-corrected chi connectivity index (χ2v) is 7.06. The number of hydrogen-bond acceptors (Lipinski definition) is 4. The van der Waals surface area contributed by atoms with Crippen LogP contribution in [0.4, 0.5) is 0 Å². The van der Waals surface area contributed by atoms with Gasteiger partial charge in [-0.05, 0) is 24.8 Å². The molecular weight excluding hydrogens is 400 g/mol. The van der Waals surface area contributed by atoms with Crippen LogP contribution in [0, 0.1) is 17.8 Å². The van der Waals surface area contributed by atoms with Crippen LogP contribution in [0.2, 0.25) is 5.02 Å². The van der Waals surface area contributed by atoms with Gasteiger partial charge in [0.15, 0.2) is 0 Å². The molecule has 0 spiro atoms. The Bertz CT molecular complexity index is 1010. The number of pyridine rings is 1. The number of allylic oxidation sites excluding steroid dienone is 4. The molecule has 0 saturated carbocycles. The van der Waals surface area contributed by atoms with Gasteiger partial charge in [-0.1, -0.05) is 42.8 Å². The van der Waals surface area contributed by atoms with E-state index < -0.39 is 0 Å². The van der Waals surface area contributed by atoms with Crippen LogP contribution < -0.4 is 5.32 Å². The largest absolute Gasteiger partial charge is 0.345 e. The molecule has 6 nitrogen and oxygen atoms in total. The quantitative estimate of drug-likeness (QED) is 0.424. The summed E-state index contributed by atoms with van der Waals surface area (Å²) in [4.78, 5) is 30.7. The zero-order valence-corrected chi connectivity index (χ0v) is 17.7. The Balaban J connectivity index is 0.000000220. The molecule has 2 aromatic rings. The molecule has 0 atom stereocenters. The topological polar surface area (TPSA) is 78.1 Å². The maximum Gasteiger partial charge on any atom is 0.298 e. The number of carbonyl (C=O) groups is 2. The zero-order chi connectivity index (χ0) is 21.9. The van der Waals surface area contributed by atoms with Crippen LogP contribution in [-0.2, 0) is 16.1 Å². The summed E-state index contributed by atoms with van der Waals surface area (Å²) in [5.74, 6) is 5.37. The number of rotatable bonds is 6. The summed E-state index contributed by atoms with van der Waals surface area (Å²) in [6, 6.07) is 1.97. The van der Waals surface area contributed by atoms with E-state index in [-0.39, 0.29) is 5.91 Å². The van der Waals surface area contributed by atoms with Crippen molar-refractivity contribution in [3.05, 3.63) is 66.0 Å². The van der Waals surface area contributed by atoms with Gasteiger partial charge >= 0.3 is 0 Å². The summed E-state index contributed by atoms with van der Waals surface area (Å²) >= 11 is 6.01. The van der Waals surface area contributed by atoms with Gasteiger partial charge in [0, 0.05) is 61.2 Å². The van der Waals surface area contributed by atoms with Crippen LogP contribution in [0.5, 0.6) is 0 Å². The number of hydrogen-bond donors (Lipinski definition) is 2. The average Bonchev–Trinajstić information content (AvgIpc) is 3.10. The van der Waals surface area contributed by atoms with Crippen molar-refractivity contribution in [3.8, 4) is 11.8 Å². The van der Waals surface area contributed by atoms with Crippen molar-refractivity contribution in [2.24, 2.45) is 5.92 Å². The fourth-order valence-electron chi connectivity index (χ4n) is 2.93. The van der Waals surface area contributed by atoms with E-state index >= 15 is 0 Å². The molecule has 0 aromatic carbocycles. The van der Waals surface area contributed by atoms with Gasteiger partial charge in [-0.2, -0.15) is 0 Å². The molecule has 1 amide bonds. The molecule has 1 fully saturated rings. The lowest BCUT2D eigenvalue weighted by molar-refractivity contribution is -0.132. The number of carbonyl (C=O) groups excluding carboxylic acids is 2. The van der Waals surface area contributed by atoms with E-state index in [0.29, 0.717) is 31.0 Å². The maximum atomic E-state index is 11.6. The molecule has 3 heterocycles. The number of likely N-dealkylation sites (tertiary alicyclic amines) is 1. The van der Waals surface area contributed by atoms with Gasteiger partial charge in [0.2, 0.25) is 0 Å². The smallest absolute Gasteiger partial charge is 0.298 e. The van der Waals surface area contributed by atoms with Crippen molar-refractivity contribution in [1.82, 2.24) is 20.2 Å². The molecule has 1 saturated heterocycles. The zero-order valence-electron chi connectivity index (χ0n) is 17.0. The van der Waals surface area contributed by atoms with E-state index in [2.05, 4.69) is 40.3 Å². The van der Waals surface area contributed by atoms with Crippen molar-refractivity contribution in [3.63, 3.8) is 0 Å². The van der Waals surface area contributed by atoms with E-state index in [4.69, 9.17) is 11.6 Å². The minimum absolute atomic E-state index is 0.205. The molecule has 2 aromatic heterocycles. The highest BCUT2D eigenvalue weighted by Gasteiger charge is 2.29. The molecule has 156 valence electrons. The molecule has 3 rings (SSSR count). The molecule has 1 aliphatic rings. The van der Waals surface area contributed by atoms with Gasteiger partial charge in [0.25, 0.3) is 5.91 Å². The van der Waals surface area contributed by atoms with Gasteiger partial charge < -0.3 is 20.0 Å². The highest BCUT2D eigenvalue weighted by Crippen LogP contribution is 2.24. The molecule has 0 unspecified atom stereocenters. The first kappa shape index (κ1) is 23.1. The standard InChI is InChI=1S/C14H15NO2.C9H10ClN3/c1-3-5-12(4-2)6-7-14(17)15-10-13(11-15)8-9-16;1-11-4-6-2-3-12-9-8(6)7(10)5-13-9/h3-5,9,13H,1-2,8,10-11H2;2-3,5,11H,4H2,1H3,(H,12,13)/b12-5+;. The molecule has 0 aliphatic carbocycles. The number of aldehydes is 1. The molecule has 0 radical (unpaired) electrons. The minimum atomic E-state index is -0.205. The summed E-state index contributed by atoms with van der Waals surface area (Å²) in [7, 11) is 1.91. The van der Waals surface area contributed by atoms with Crippen LogP contribution in [0.15, 0.2) is 55.4 Å². The van der Waals surface area contributed by atoms with Crippen molar-refractivity contribution >= 4 is 34.8 Å². The normalized spacial score (nSPS) is 13.4. The second kappa shape index (κ2) is 11.8. The Labute approximate surface area is 181 Å². The molecule has 2 N–H and O–H groups in total. The van der Waals surface area contributed by atoms with E-state index in [0.717, 1.165) is 28.9 Å². The first-order valence-electron chi connectivity index (χ1n) is 9.48. The van der Waals surface area contributed by atoms with E-state index in [1.807, 2.05) is 13.1 Å².